The minimum atomic E-state index is -0.984. The van der Waals surface area contributed by atoms with Crippen LogP contribution in [0.3, 0.4) is 0 Å². The second kappa shape index (κ2) is 6.40. The van der Waals surface area contributed by atoms with Crippen LogP contribution in [0.1, 0.15) is 26.2 Å². The van der Waals surface area contributed by atoms with Crippen LogP contribution >= 0.6 is 0 Å². The predicted octanol–water partition coefficient (Wildman–Crippen LogP) is 0.949. The molecule has 0 amide bonds. The first-order valence-corrected chi connectivity index (χ1v) is 5.34. The molecular formula is C10H18N2O3. The quantitative estimate of drug-likeness (QED) is 0.692. The summed E-state index contributed by atoms with van der Waals surface area (Å²) in [6.07, 6.45) is 2.95. The first kappa shape index (κ1) is 12.0. The Bertz CT molecular complexity index is 231. The number of aliphatic carboxylic acids is 1. The summed E-state index contributed by atoms with van der Waals surface area (Å²) < 4.78 is 0. The predicted molar refractivity (Wildman–Crippen MR) is 57.0 cm³/mol. The molecule has 1 rings (SSSR count). The summed E-state index contributed by atoms with van der Waals surface area (Å²) in [6.45, 7) is 4.96. The molecule has 0 atom stereocenters. The van der Waals surface area contributed by atoms with E-state index in [9.17, 15) is 4.79 Å². The van der Waals surface area contributed by atoms with E-state index in [2.05, 4.69) is 17.0 Å². The second-order valence-corrected chi connectivity index (χ2v) is 3.67. The van der Waals surface area contributed by atoms with Gasteiger partial charge in [-0.1, -0.05) is 12.1 Å². The van der Waals surface area contributed by atoms with Crippen molar-refractivity contribution in [2.24, 2.45) is 5.16 Å². The maximum absolute atomic E-state index is 10.2. The van der Waals surface area contributed by atoms with E-state index >= 15 is 0 Å². The molecule has 1 N–H and O–H groups in total. The van der Waals surface area contributed by atoms with Gasteiger partial charge in [-0.2, -0.15) is 0 Å². The van der Waals surface area contributed by atoms with Crippen LogP contribution in [0.2, 0.25) is 0 Å². The highest BCUT2D eigenvalue weighted by molar-refractivity contribution is 5.85. The average molecular weight is 214 g/mol. The van der Waals surface area contributed by atoms with Crippen molar-refractivity contribution in [2.75, 3.05) is 26.2 Å². The minimum absolute atomic E-state index is 0.345. The first-order chi connectivity index (χ1) is 7.22. The number of rotatable bonds is 5. The van der Waals surface area contributed by atoms with Crippen molar-refractivity contribution < 1.29 is 14.7 Å². The van der Waals surface area contributed by atoms with E-state index in [0.717, 1.165) is 38.2 Å². The van der Waals surface area contributed by atoms with E-state index in [4.69, 9.17) is 9.94 Å². The van der Waals surface area contributed by atoms with Crippen LogP contribution in [-0.2, 0) is 9.63 Å². The topological polar surface area (TPSA) is 62.1 Å². The molecule has 0 aromatic rings. The Morgan fingerprint density at radius 1 is 1.53 bits per heavy atom. The third-order valence-electron chi connectivity index (χ3n) is 2.35. The molecule has 1 aliphatic heterocycles. The van der Waals surface area contributed by atoms with Gasteiger partial charge < -0.3 is 14.8 Å². The van der Waals surface area contributed by atoms with Crippen LogP contribution in [0.15, 0.2) is 5.16 Å². The average Bonchev–Trinajstić information content (AvgIpc) is 2.20. The van der Waals surface area contributed by atoms with E-state index in [1.807, 2.05) is 0 Å². The highest BCUT2D eigenvalue weighted by atomic mass is 16.6. The molecule has 0 aromatic heterocycles. The van der Waals surface area contributed by atoms with Crippen molar-refractivity contribution in [3.05, 3.63) is 0 Å². The Balaban J connectivity index is 2.21. The van der Waals surface area contributed by atoms with Gasteiger partial charge in [-0.3, -0.25) is 0 Å². The van der Waals surface area contributed by atoms with Crippen LogP contribution in [0, 0.1) is 0 Å². The lowest BCUT2D eigenvalue weighted by molar-refractivity contribution is -0.142. The van der Waals surface area contributed by atoms with Crippen molar-refractivity contribution in [1.82, 2.24) is 4.90 Å². The number of carbonyl (C=O) groups is 1. The number of likely N-dealkylation sites (tertiary alicyclic amines) is 1. The Labute approximate surface area is 89.7 Å². The van der Waals surface area contributed by atoms with Gasteiger partial charge in [0.1, 0.15) is 0 Å². The van der Waals surface area contributed by atoms with E-state index < -0.39 is 5.97 Å². The van der Waals surface area contributed by atoms with Crippen LogP contribution in [0.4, 0.5) is 0 Å². The van der Waals surface area contributed by atoms with Gasteiger partial charge in [0.15, 0.2) is 0 Å². The molecule has 0 spiro atoms. The molecule has 1 aliphatic rings. The van der Waals surface area contributed by atoms with Gasteiger partial charge in [0.25, 0.3) is 0 Å². The molecule has 0 aromatic carbocycles. The third kappa shape index (κ3) is 4.78. The summed E-state index contributed by atoms with van der Waals surface area (Å²) in [6, 6.07) is 0. The molecule has 0 saturated carbocycles. The van der Waals surface area contributed by atoms with Crippen LogP contribution in [-0.4, -0.2) is 47.9 Å². The van der Waals surface area contributed by atoms with Crippen LogP contribution < -0.4 is 0 Å². The molecule has 0 radical (unpaired) electrons. The zero-order valence-electron chi connectivity index (χ0n) is 9.11. The maximum Gasteiger partial charge on any atom is 0.344 e. The molecule has 5 nitrogen and oxygen atoms in total. The Morgan fingerprint density at radius 2 is 2.20 bits per heavy atom. The molecule has 86 valence electrons. The minimum Gasteiger partial charge on any atom is -0.479 e. The largest absolute Gasteiger partial charge is 0.479 e. The van der Waals surface area contributed by atoms with E-state index in [-0.39, 0.29) is 6.61 Å². The standard InChI is InChI=1S/C10H18N2O3/c1-2-5-12-6-3-9(4-7-12)11-15-8-10(13)14/h2-8H2,1H3,(H,13,14). The fourth-order valence-electron chi connectivity index (χ4n) is 1.62. The number of hydrogen-bond donors (Lipinski definition) is 1. The fourth-order valence-corrected chi connectivity index (χ4v) is 1.62. The van der Waals surface area contributed by atoms with Gasteiger partial charge in [-0.15, -0.1) is 0 Å². The van der Waals surface area contributed by atoms with Gasteiger partial charge in [0.05, 0.1) is 5.71 Å². The molecule has 1 heterocycles. The van der Waals surface area contributed by atoms with Crippen molar-refractivity contribution in [1.29, 1.82) is 0 Å². The van der Waals surface area contributed by atoms with Crippen LogP contribution in [0.25, 0.3) is 0 Å². The highest BCUT2D eigenvalue weighted by Gasteiger charge is 2.14. The molecule has 0 aliphatic carbocycles. The maximum atomic E-state index is 10.2. The Morgan fingerprint density at radius 3 is 2.73 bits per heavy atom. The normalized spacial score (nSPS) is 17.5. The molecule has 0 unspecified atom stereocenters. The molecule has 0 bridgehead atoms. The van der Waals surface area contributed by atoms with Gasteiger partial charge in [0, 0.05) is 25.9 Å². The van der Waals surface area contributed by atoms with Crippen molar-refractivity contribution in [3.8, 4) is 0 Å². The molecule has 15 heavy (non-hydrogen) atoms. The number of carboxylic acids is 1. The Kier molecular flexibility index (Phi) is 5.10. The van der Waals surface area contributed by atoms with Gasteiger partial charge in [-0.25, -0.2) is 4.79 Å². The van der Waals surface area contributed by atoms with Crippen molar-refractivity contribution in [3.63, 3.8) is 0 Å². The zero-order chi connectivity index (χ0) is 11.1. The third-order valence-corrected chi connectivity index (χ3v) is 2.35. The van der Waals surface area contributed by atoms with Gasteiger partial charge >= 0.3 is 5.97 Å². The van der Waals surface area contributed by atoms with E-state index in [1.165, 1.54) is 6.42 Å². The lowest BCUT2D eigenvalue weighted by Gasteiger charge is -2.26. The lowest BCUT2D eigenvalue weighted by Crippen LogP contribution is -2.34. The first-order valence-electron chi connectivity index (χ1n) is 5.34. The summed E-state index contributed by atoms with van der Waals surface area (Å²) in [5, 5.41) is 12.2. The van der Waals surface area contributed by atoms with Crippen molar-refractivity contribution >= 4 is 11.7 Å². The lowest BCUT2D eigenvalue weighted by atomic mass is 10.1. The second-order valence-electron chi connectivity index (χ2n) is 3.67. The number of hydrogen-bond acceptors (Lipinski definition) is 4. The zero-order valence-corrected chi connectivity index (χ0v) is 9.11. The molecule has 1 saturated heterocycles. The monoisotopic (exact) mass is 214 g/mol. The molecular weight excluding hydrogens is 196 g/mol. The molecule has 5 heteroatoms. The van der Waals surface area contributed by atoms with E-state index in [1.54, 1.807) is 0 Å². The summed E-state index contributed by atoms with van der Waals surface area (Å²) in [5.74, 6) is -0.984. The number of oxime groups is 1. The fraction of sp³-hybridized carbons (Fsp3) is 0.800. The SMILES string of the molecule is CCCN1CCC(=NOCC(=O)O)CC1. The summed E-state index contributed by atoms with van der Waals surface area (Å²) in [4.78, 5) is 17.3. The Hall–Kier alpha value is -1.10. The van der Waals surface area contributed by atoms with Crippen LogP contribution in [0.5, 0.6) is 0 Å². The molecule has 1 fully saturated rings. The van der Waals surface area contributed by atoms with E-state index in [0.29, 0.717) is 0 Å². The van der Waals surface area contributed by atoms with Gasteiger partial charge in [0.2, 0.25) is 6.61 Å². The van der Waals surface area contributed by atoms with Crippen molar-refractivity contribution in [2.45, 2.75) is 26.2 Å². The summed E-state index contributed by atoms with van der Waals surface area (Å²) in [7, 11) is 0. The summed E-state index contributed by atoms with van der Waals surface area (Å²) >= 11 is 0. The number of carboxylic acid groups (broad SMARTS) is 1. The highest BCUT2D eigenvalue weighted by Crippen LogP contribution is 2.07. The van der Waals surface area contributed by atoms with Gasteiger partial charge in [-0.05, 0) is 13.0 Å². The number of piperidine rings is 1. The smallest absolute Gasteiger partial charge is 0.344 e. The summed E-state index contributed by atoms with van der Waals surface area (Å²) in [5.41, 5.74) is 0.976. The number of nitrogens with zero attached hydrogens (tertiary/aromatic N) is 2.